The number of carbonyl (C=O) groups is 1. The number of hydrogen-bond acceptors (Lipinski definition) is 4. The number of thiophene rings is 1. The molecule has 5 heteroatoms. The first-order valence-electron chi connectivity index (χ1n) is 5.31. The average Bonchev–Trinajstić information content (AvgIpc) is 2.65. The molecule has 2 heterocycles. The zero-order valence-electron chi connectivity index (χ0n) is 9.09. The number of nitriles is 1. The van der Waals surface area contributed by atoms with Gasteiger partial charge in [-0.3, -0.25) is 4.79 Å². The van der Waals surface area contributed by atoms with Crippen molar-refractivity contribution in [2.75, 3.05) is 11.9 Å². The monoisotopic (exact) mass is 235 g/mol. The summed E-state index contributed by atoms with van der Waals surface area (Å²) in [6.45, 7) is 3.51. The van der Waals surface area contributed by atoms with Crippen LogP contribution in [0.4, 0.5) is 5.00 Å². The van der Waals surface area contributed by atoms with Crippen molar-refractivity contribution in [1.82, 2.24) is 5.32 Å². The highest BCUT2D eigenvalue weighted by molar-refractivity contribution is 7.16. The second kappa shape index (κ2) is 4.64. The van der Waals surface area contributed by atoms with Crippen LogP contribution in [0.15, 0.2) is 0 Å². The standard InChI is InChI=1S/C11H13N3OS/c1-2-10(15)14-11-8(5-12)7-3-4-13-6-9(7)16-11/h13H,2-4,6H2,1H3,(H,14,15). The van der Waals surface area contributed by atoms with Gasteiger partial charge in [0.05, 0.1) is 5.56 Å². The molecule has 2 rings (SSSR count). The molecule has 0 unspecified atom stereocenters. The van der Waals surface area contributed by atoms with Gasteiger partial charge in [0.1, 0.15) is 11.1 Å². The normalized spacial score (nSPS) is 14.0. The summed E-state index contributed by atoms with van der Waals surface area (Å²) < 4.78 is 0. The molecule has 0 radical (unpaired) electrons. The first kappa shape index (κ1) is 11.1. The molecule has 16 heavy (non-hydrogen) atoms. The summed E-state index contributed by atoms with van der Waals surface area (Å²) in [5.74, 6) is -0.0388. The molecule has 0 saturated heterocycles. The molecule has 0 saturated carbocycles. The number of anilines is 1. The minimum Gasteiger partial charge on any atom is -0.317 e. The fourth-order valence-electron chi connectivity index (χ4n) is 1.76. The Bertz CT molecular complexity index is 459. The Hall–Kier alpha value is -1.38. The van der Waals surface area contributed by atoms with Crippen molar-refractivity contribution < 1.29 is 4.79 Å². The molecular weight excluding hydrogens is 222 g/mol. The Morgan fingerprint density at radius 1 is 1.69 bits per heavy atom. The van der Waals surface area contributed by atoms with Gasteiger partial charge in [-0.25, -0.2) is 0 Å². The van der Waals surface area contributed by atoms with Gasteiger partial charge in [0.15, 0.2) is 0 Å². The predicted molar refractivity (Wildman–Crippen MR) is 63.4 cm³/mol. The third kappa shape index (κ3) is 1.94. The van der Waals surface area contributed by atoms with Gasteiger partial charge in [-0.15, -0.1) is 11.3 Å². The number of rotatable bonds is 2. The van der Waals surface area contributed by atoms with E-state index in [0.29, 0.717) is 17.0 Å². The Kier molecular flexibility index (Phi) is 3.22. The van der Waals surface area contributed by atoms with E-state index in [9.17, 15) is 4.79 Å². The molecule has 0 atom stereocenters. The molecule has 84 valence electrons. The van der Waals surface area contributed by atoms with Crippen molar-refractivity contribution in [3.63, 3.8) is 0 Å². The zero-order valence-corrected chi connectivity index (χ0v) is 9.91. The summed E-state index contributed by atoms with van der Waals surface area (Å²) in [6.07, 6.45) is 1.31. The maximum atomic E-state index is 11.3. The van der Waals surface area contributed by atoms with E-state index >= 15 is 0 Å². The van der Waals surface area contributed by atoms with Gasteiger partial charge in [-0.1, -0.05) is 6.92 Å². The number of amides is 1. The second-order valence-electron chi connectivity index (χ2n) is 3.65. The third-order valence-electron chi connectivity index (χ3n) is 2.61. The maximum absolute atomic E-state index is 11.3. The van der Waals surface area contributed by atoms with E-state index in [1.165, 1.54) is 16.2 Å². The van der Waals surface area contributed by atoms with Gasteiger partial charge in [-0.2, -0.15) is 5.26 Å². The van der Waals surface area contributed by atoms with Gasteiger partial charge >= 0.3 is 0 Å². The van der Waals surface area contributed by atoms with Crippen molar-refractivity contribution in [2.24, 2.45) is 0 Å². The predicted octanol–water partition coefficient (Wildman–Crippen LogP) is 1.61. The van der Waals surface area contributed by atoms with Crippen LogP contribution < -0.4 is 10.6 Å². The van der Waals surface area contributed by atoms with Crippen LogP contribution in [-0.2, 0) is 17.8 Å². The Labute approximate surface area is 98.3 Å². The highest BCUT2D eigenvalue weighted by Crippen LogP contribution is 2.34. The molecule has 1 aromatic rings. The molecule has 1 amide bonds. The Balaban J connectivity index is 2.35. The fraction of sp³-hybridized carbons (Fsp3) is 0.455. The number of hydrogen-bond donors (Lipinski definition) is 2. The maximum Gasteiger partial charge on any atom is 0.224 e. The molecule has 1 aliphatic rings. The SMILES string of the molecule is CCC(=O)Nc1sc2c(c1C#N)CCNC2. The number of nitrogens with one attached hydrogen (secondary N) is 2. The lowest BCUT2D eigenvalue weighted by Gasteiger charge is -2.11. The molecule has 1 aromatic heterocycles. The van der Waals surface area contributed by atoms with Crippen LogP contribution in [0.2, 0.25) is 0 Å². The highest BCUT2D eigenvalue weighted by atomic mass is 32.1. The lowest BCUT2D eigenvalue weighted by atomic mass is 10.1. The van der Waals surface area contributed by atoms with E-state index in [4.69, 9.17) is 5.26 Å². The Morgan fingerprint density at radius 3 is 3.19 bits per heavy atom. The van der Waals surface area contributed by atoms with E-state index in [1.807, 2.05) is 0 Å². The van der Waals surface area contributed by atoms with E-state index < -0.39 is 0 Å². The van der Waals surface area contributed by atoms with Crippen LogP contribution >= 0.6 is 11.3 Å². The third-order valence-corrected chi connectivity index (χ3v) is 3.76. The second-order valence-corrected chi connectivity index (χ2v) is 4.75. The highest BCUT2D eigenvalue weighted by Gasteiger charge is 2.20. The van der Waals surface area contributed by atoms with Gasteiger partial charge < -0.3 is 10.6 Å². The lowest BCUT2D eigenvalue weighted by molar-refractivity contribution is -0.115. The van der Waals surface area contributed by atoms with Crippen LogP contribution in [0.25, 0.3) is 0 Å². The first-order valence-corrected chi connectivity index (χ1v) is 6.13. The molecular formula is C11H13N3OS. The van der Waals surface area contributed by atoms with Crippen LogP contribution in [0.5, 0.6) is 0 Å². The summed E-state index contributed by atoms with van der Waals surface area (Å²) in [5, 5.41) is 15.9. The van der Waals surface area contributed by atoms with Gasteiger partial charge in [0, 0.05) is 17.8 Å². The quantitative estimate of drug-likeness (QED) is 0.818. The Morgan fingerprint density at radius 2 is 2.50 bits per heavy atom. The summed E-state index contributed by atoms with van der Waals surface area (Å²) >= 11 is 1.51. The van der Waals surface area contributed by atoms with Gasteiger partial charge in [0.2, 0.25) is 5.91 Å². The van der Waals surface area contributed by atoms with Crippen molar-refractivity contribution in [2.45, 2.75) is 26.3 Å². The molecule has 0 fully saturated rings. The van der Waals surface area contributed by atoms with E-state index in [-0.39, 0.29) is 5.91 Å². The summed E-state index contributed by atoms with van der Waals surface area (Å²) in [4.78, 5) is 12.5. The number of nitrogens with zero attached hydrogens (tertiary/aromatic N) is 1. The van der Waals surface area contributed by atoms with Crippen LogP contribution in [-0.4, -0.2) is 12.5 Å². The number of fused-ring (bicyclic) bond motifs is 1. The van der Waals surface area contributed by atoms with E-state index in [2.05, 4.69) is 16.7 Å². The molecule has 0 spiro atoms. The van der Waals surface area contributed by atoms with Crippen molar-refractivity contribution in [3.05, 3.63) is 16.0 Å². The number of carbonyl (C=O) groups excluding carboxylic acids is 1. The van der Waals surface area contributed by atoms with Crippen LogP contribution in [0.3, 0.4) is 0 Å². The molecule has 0 bridgehead atoms. The first-order chi connectivity index (χ1) is 7.76. The minimum atomic E-state index is -0.0388. The van der Waals surface area contributed by atoms with Crippen molar-refractivity contribution in [1.29, 1.82) is 5.26 Å². The molecule has 2 N–H and O–H groups in total. The topological polar surface area (TPSA) is 64.9 Å². The van der Waals surface area contributed by atoms with Crippen LogP contribution in [0.1, 0.15) is 29.3 Å². The molecule has 1 aliphatic heterocycles. The summed E-state index contributed by atoms with van der Waals surface area (Å²) in [6, 6.07) is 2.20. The smallest absolute Gasteiger partial charge is 0.224 e. The minimum absolute atomic E-state index is 0.0388. The van der Waals surface area contributed by atoms with E-state index in [0.717, 1.165) is 25.1 Å². The van der Waals surface area contributed by atoms with Gasteiger partial charge in [0.25, 0.3) is 0 Å². The summed E-state index contributed by atoms with van der Waals surface area (Å²) in [5.41, 5.74) is 1.76. The lowest BCUT2D eigenvalue weighted by Crippen LogP contribution is -2.22. The molecule has 4 nitrogen and oxygen atoms in total. The molecule has 0 aliphatic carbocycles. The largest absolute Gasteiger partial charge is 0.317 e. The van der Waals surface area contributed by atoms with Crippen molar-refractivity contribution >= 4 is 22.2 Å². The zero-order chi connectivity index (χ0) is 11.5. The van der Waals surface area contributed by atoms with Crippen molar-refractivity contribution in [3.8, 4) is 6.07 Å². The molecule has 0 aromatic carbocycles. The summed E-state index contributed by atoms with van der Waals surface area (Å²) in [7, 11) is 0. The van der Waals surface area contributed by atoms with Crippen LogP contribution in [0, 0.1) is 11.3 Å². The van der Waals surface area contributed by atoms with Gasteiger partial charge in [-0.05, 0) is 18.5 Å². The van der Waals surface area contributed by atoms with E-state index in [1.54, 1.807) is 6.92 Å². The average molecular weight is 235 g/mol. The fourth-order valence-corrected chi connectivity index (χ4v) is 2.94.